The monoisotopic (exact) mass is 453 g/mol. The molecular weight excluding hydrogens is 434 g/mol. The van der Waals surface area contributed by atoms with Crippen molar-refractivity contribution in [2.45, 2.75) is 6.92 Å². The van der Waals surface area contributed by atoms with Crippen molar-refractivity contribution in [2.75, 3.05) is 11.9 Å². The number of amides is 1. The summed E-state index contributed by atoms with van der Waals surface area (Å²) in [4.78, 5) is 24.6. The number of benzene rings is 4. The van der Waals surface area contributed by atoms with Gasteiger partial charge in [-0.2, -0.15) is 0 Å². The van der Waals surface area contributed by atoms with Gasteiger partial charge in [-0.1, -0.05) is 48.5 Å². The van der Waals surface area contributed by atoms with E-state index >= 15 is 0 Å². The lowest BCUT2D eigenvalue weighted by molar-refractivity contribution is -0.385. The van der Waals surface area contributed by atoms with Crippen LogP contribution < -0.4 is 10.1 Å². The Hall–Kier alpha value is -4.79. The van der Waals surface area contributed by atoms with Crippen LogP contribution in [-0.2, 0) is 4.79 Å². The van der Waals surface area contributed by atoms with Crippen molar-refractivity contribution in [1.29, 1.82) is 0 Å². The van der Waals surface area contributed by atoms with Gasteiger partial charge in [0.25, 0.3) is 5.91 Å². The number of anilines is 1. The molecule has 0 unspecified atom stereocenters. The molecule has 0 saturated heterocycles. The second kappa shape index (κ2) is 8.62. The zero-order chi connectivity index (χ0) is 23.7. The molecule has 0 aliphatic rings. The molecule has 0 aliphatic heterocycles. The smallest absolute Gasteiger partial charge is 0.310 e. The molecule has 34 heavy (non-hydrogen) atoms. The third kappa shape index (κ3) is 4.02. The molecule has 0 fully saturated rings. The highest BCUT2D eigenvalue weighted by atomic mass is 16.6. The van der Waals surface area contributed by atoms with Gasteiger partial charge < -0.3 is 10.1 Å². The van der Waals surface area contributed by atoms with E-state index in [0.29, 0.717) is 16.7 Å². The van der Waals surface area contributed by atoms with Gasteiger partial charge >= 0.3 is 5.69 Å². The Morgan fingerprint density at radius 2 is 1.71 bits per heavy atom. The minimum Gasteiger partial charge on any atom is -0.477 e. The first-order valence-corrected chi connectivity index (χ1v) is 10.5. The molecule has 0 radical (unpaired) electrons. The Morgan fingerprint density at radius 1 is 1.00 bits per heavy atom. The van der Waals surface area contributed by atoms with E-state index in [4.69, 9.17) is 4.74 Å². The van der Waals surface area contributed by atoms with E-state index in [1.54, 1.807) is 16.9 Å². The first kappa shape index (κ1) is 21.1. The van der Waals surface area contributed by atoms with Crippen LogP contribution in [0.15, 0.2) is 78.9 Å². The summed E-state index contributed by atoms with van der Waals surface area (Å²) >= 11 is 0. The number of fused-ring (bicyclic) bond motifs is 2. The SMILES string of the molecule is Cc1cc2nn(-c3cccc4ccccc34)nc2cc1NC(=O)COc1ccccc1[N+](=O)[O-]. The molecule has 1 heterocycles. The lowest BCUT2D eigenvalue weighted by atomic mass is 10.1. The molecule has 9 nitrogen and oxygen atoms in total. The van der Waals surface area contributed by atoms with Crippen LogP contribution in [0.4, 0.5) is 11.4 Å². The van der Waals surface area contributed by atoms with E-state index in [1.165, 1.54) is 18.2 Å². The number of nitro groups is 1. The average molecular weight is 453 g/mol. The van der Waals surface area contributed by atoms with Crippen LogP contribution in [0.3, 0.4) is 0 Å². The normalized spacial score (nSPS) is 11.0. The first-order chi connectivity index (χ1) is 16.5. The number of nitrogens with zero attached hydrogens (tertiary/aromatic N) is 4. The molecule has 0 saturated carbocycles. The van der Waals surface area contributed by atoms with E-state index in [9.17, 15) is 14.9 Å². The molecular formula is C25H19N5O4. The Morgan fingerprint density at radius 3 is 2.53 bits per heavy atom. The van der Waals surface area contributed by atoms with Gasteiger partial charge in [0.05, 0.1) is 10.6 Å². The number of nitro benzene ring substituents is 1. The maximum Gasteiger partial charge on any atom is 0.310 e. The second-order valence-corrected chi connectivity index (χ2v) is 7.71. The minimum absolute atomic E-state index is 0.0351. The first-order valence-electron chi connectivity index (χ1n) is 10.5. The van der Waals surface area contributed by atoms with Crippen LogP contribution in [-0.4, -0.2) is 32.4 Å². The molecule has 9 heteroatoms. The van der Waals surface area contributed by atoms with E-state index < -0.39 is 10.8 Å². The van der Waals surface area contributed by atoms with Crippen LogP contribution >= 0.6 is 0 Å². The number of hydrogen-bond donors (Lipinski definition) is 1. The van der Waals surface area contributed by atoms with Gasteiger partial charge in [-0.05, 0) is 42.1 Å². The summed E-state index contributed by atoms with van der Waals surface area (Å²) in [6, 6.07) is 23.5. The molecule has 0 bridgehead atoms. The van der Waals surface area contributed by atoms with Gasteiger partial charge in [-0.15, -0.1) is 15.0 Å². The summed E-state index contributed by atoms with van der Waals surface area (Å²) in [6.07, 6.45) is 0. The van der Waals surface area contributed by atoms with Crippen molar-refractivity contribution in [3.8, 4) is 11.4 Å². The van der Waals surface area contributed by atoms with Crippen molar-refractivity contribution in [2.24, 2.45) is 0 Å². The molecule has 5 aromatic rings. The molecule has 1 N–H and O–H groups in total. The Bertz CT molecular complexity index is 1550. The van der Waals surface area contributed by atoms with Crippen molar-refractivity contribution >= 4 is 39.1 Å². The molecule has 168 valence electrons. The van der Waals surface area contributed by atoms with Gasteiger partial charge in [0.15, 0.2) is 12.4 Å². The highest BCUT2D eigenvalue weighted by Crippen LogP contribution is 2.27. The van der Waals surface area contributed by atoms with Gasteiger partial charge in [-0.25, -0.2) is 0 Å². The zero-order valence-electron chi connectivity index (χ0n) is 18.1. The van der Waals surface area contributed by atoms with Gasteiger partial charge in [0, 0.05) is 17.1 Å². The number of aryl methyl sites for hydroxylation is 1. The fourth-order valence-corrected chi connectivity index (χ4v) is 3.75. The van der Waals surface area contributed by atoms with Crippen molar-refractivity contribution in [3.63, 3.8) is 0 Å². The Labute approximate surface area is 193 Å². The summed E-state index contributed by atoms with van der Waals surface area (Å²) in [6.45, 7) is 1.49. The van der Waals surface area contributed by atoms with E-state index in [0.717, 1.165) is 22.0 Å². The average Bonchev–Trinajstić information content (AvgIpc) is 3.25. The Balaban J connectivity index is 1.38. The topological polar surface area (TPSA) is 112 Å². The lowest BCUT2D eigenvalue weighted by Crippen LogP contribution is -2.21. The summed E-state index contributed by atoms with van der Waals surface area (Å²) in [7, 11) is 0. The summed E-state index contributed by atoms with van der Waals surface area (Å²) in [5.74, 6) is -0.407. The van der Waals surface area contributed by atoms with Crippen molar-refractivity contribution < 1.29 is 14.5 Å². The predicted molar refractivity (Wildman–Crippen MR) is 128 cm³/mol. The van der Waals surface area contributed by atoms with Crippen LogP contribution in [0, 0.1) is 17.0 Å². The lowest BCUT2D eigenvalue weighted by Gasteiger charge is -2.09. The molecule has 5 rings (SSSR count). The Kier molecular flexibility index (Phi) is 5.35. The van der Waals surface area contributed by atoms with Crippen molar-refractivity contribution in [3.05, 3.63) is 94.5 Å². The fourth-order valence-electron chi connectivity index (χ4n) is 3.75. The third-order valence-corrected chi connectivity index (χ3v) is 5.40. The maximum atomic E-state index is 12.5. The second-order valence-electron chi connectivity index (χ2n) is 7.71. The molecule has 1 aromatic heterocycles. The third-order valence-electron chi connectivity index (χ3n) is 5.40. The number of ether oxygens (including phenoxy) is 1. The quantitative estimate of drug-likeness (QED) is 0.292. The number of para-hydroxylation sites is 2. The van der Waals surface area contributed by atoms with Crippen LogP contribution in [0.5, 0.6) is 5.75 Å². The van der Waals surface area contributed by atoms with Crippen LogP contribution in [0.1, 0.15) is 5.56 Å². The number of rotatable bonds is 6. The number of carbonyl (C=O) groups is 1. The fraction of sp³-hybridized carbons (Fsp3) is 0.0800. The van der Waals surface area contributed by atoms with Gasteiger partial charge in [-0.3, -0.25) is 14.9 Å². The van der Waals surface area contributed by atoms with E-state index in [2.05, 4.69) is 15.5 Å². The molecule has 1 amide bonds. The maximum absolute atomic E-state index is 12.5. The van der Waals surface area contributed by atoms with Crippen molar-refractivity contribution in [1.82, 2.24) is 15.0 Å². The minimum atomic E-state index is -0.551. The number of carbonyl (C=O) groups excluding carboxylic acids is 1. The summed E-state index contributed by atoms with van der Waals surface area (Å²) < 4.78 is 5.38. The zero-order valence-corrected chi connectivity index (χ0v) is 18.1. The highest BCUT2D eigenvalue weighted by Gasteiger charge is 2.16. The summed E-state index contributed by atoms with van der Waals surface area (Å²) in [5.41, 5.74) is 3.34. The van der Waals surface area contributed by atoms with Gasteiger partial charge in [0.1, 0.15) is 11.0 Å². The highest BCUT2D eigenvalue weighted by molar-refractivity contribution is 5.95. The largest absolute Gasteiger partial charge is 0.477 e. The van der Waals surface area contributed by atoms with Crippen LogP contribution in [0.2, 0.25) is 0 Å². The number of aromatic nitrogens is 3. The van der Waals surface area contributed by atoms with Gasteiger partial charge in [0.2, 0.25) is 0 Å². The number of hydrogen-bond acceptors (Lipinski definition) is 6. The van der Waals surface area contributed by atoms with E-state index in [1.807, 2.05) is 55.5 Å². The molecule has 4 aromatic carbocycles. The molecule has 0 aliphatic carbocycles. The standard InChI is InChI=1S/C25H19N5O4/c1-16-13-20-21(28-29(27-20)22-11-6-8-17-7-2-3-9-18(17)22)14-19(16)26-25(31)15-34-24-12-5-4-10-23(24)30(32)33/h2-14H,15H2,1H3,(H,26,31). The van der Waals surface area contributed by atoms with Crippen LogP contribution in [0.25, 0.3) is 27.5 Å². The predicted octanol–water partition coefficient (Wildman–Crippen LogP) is 4.81. The summed E-state index contributed by atoms with van der Waals surface area (Å²) in [5, 5.41) is 25.3. The molecule has 0 atom stereocenters. The number of nitrogens with one attached hydrogen (secondary N) is 1. The van der Waals surface area contributed by atoms with E-state index in [-0.39, 0.29) is 18.0 Å². The molecule has 0 spiro atoms.